The van der Waals surface area contributed by atoms with Gasteiger partial charge in [0.25, 0.3) is 0 Å². The molecule has 0 heterocycles. The zero-order valence-electron chi connectivity index (χ0n) is 17.2. The third kappa shape index (κ3) is 6.55. The number of anilines is 1. The zero-order chi connectivity index (χ0) is 23.8. The van der Waals surface area contributed by atoms with Crippen molar-refractivity contribution in [1.29, 1.82) is 0 Å². The number of esters is 1. The highest BCUT2D eigenvalue weighted by Crippen LogP contribution is 2.23. The van der Waals surface area contributed by atoms with Crippen molar-refractivity contribution in [2.24, 2.45) is 5.10 Å². The zero-order valence-corrected chi connectivity index (χ0v) is 18.7. The average molecular weight is 486 g/mol. The van der Waals surface area contributed by atoms with Gasteiger partial charge in [0.15, 0.2) is 0 Å². The van der Waals surface area contributed by atoms with Crippen molar-refractivity contribution in [3.8, 4) is 11.5 Å². The molecule has 10 heteroatoms. The SMILES string of the molecule is COc1ccccc1NC(=O)C(=O)NN=Cc1ccc(OC(=O)c2ccc(Cl)cc2Cl)cc1. The van der Waals surface area contributed by atoms with Gasteiger partial charge >= 0.3 is 17.8 Å². The molecule has 3 rings (SSSR count). The highest BCUT2D eigenvalue weighted by atomic mass is 35.5. The summed E-state index contributed by atoms with van der Waals surface area (Å²) in [6.07, 6.45) is 1.33. The molecule has 0 aliphatic carbocycles. The minimum atomic E-state index is -0.956. The van der Waals surface area contributed by atoms with E-state index in [0.717, 1.165) is 0 Å². The van der Waals surface area contributed by atoms with Crippen LogP contribution in [0.2, 0.25) is 10.0 Å². The van der Waals surface area contributed by atoms with Crippen LogP contribution in [0, 0.1) is 0 Å². The second-order valence-electron chi connectivity index (χ2n) is 6.44. The number of ether oxygens (including phenoxy) is 2. The van der Waals surface area contributed by atoms with Gasteiger partial charge in [0, 0.05) is 5.02 Å². The Morgan fingerprint density at radius 3 is 2.36 bits per heavy atom. The van der Waals surface area contributed by atoms with Crippen LogP contribution in [0.1, 0.15) is 15.9 Å². The van der Waals surface area contributed by atoms with Crippen molar-refractivity contribution in [2.45, 2.75) is 0 Å². The second kappa shape index (κ2) is 11.1. The molecule has 0 radical (unpaired) electrons. The number of amides is 2. The Kier molecular flexibility index (Phi) is 8.01. The number of benzene rings is 3. The first kappa shape index (κ1) is 23.8. The van der Waals surface area contributed by atoms with Crippen LogP contribution in [0.5, 0.6) is 11.5 Å². The van der Waals surface area contributed by atoms with Gasteiger partial charge < -0.3 is 14.8 Å². The van der Waals surface area contributed by atoms with E-state index in [4.69, 9.17) is 32.7 Å². The third-order valence-corrected chi connectivity index (χ3v) is 4.73. The van der Waals surface area contributed by atoms with Gasteiger partial charge in [-0.15, -0.1) is 0 Å². The van der Waals surface area contributed by atoms with Gasteiger partial charge in [0.1, 0.15) is 11.5 Å². The largest absolute Gasteiger partial charge is 0.495 e. The summed E-state index contributed by atoms with van der Waals surface area (Å²) in [5.41, 5.74) is 3.26. The molecule has 3 aromatic carbocycles. The number of para-hydroxylation sites is 2. The number of halogens is 2. The molecule has 0 fully saturated rings. The normalized spacial score (nSPS) is 10.5. The first-order valence-corrected chi connectivity index (χ1v) is 10.2. The molecule has 0 saturated heterocycles. The lowest BCUT2D eigenvalue weighted by Crippen LogP contribution is -2.32. The fraction of sp³-hybridized carbons (Fsp3) is 0.0435. The van der Waals surface area contributed by atoms with E-state index in [1.54, 1.807) is 48.5 Å². The Morgan fingerprint density at radius 1 is 0.939 bits per heavy atom. The molecule has 0 atom stereocenters. The Labute approximate surface area is 199 Å². The Morgan fingerprint density at radius 2 is 1.67 bits per heavy atom. The maximum Gasteiger partial charge on any atom is 0.345 e. The van der Waals surface area contributed by atoms with Gasteiger partial charge in [0.2, 0.25) is 0 Å². The van der Waals surface area contributed by atoms with Crippen LogP contribution in [0.15, 0.2) is 71.8 Å². The van der Waals surface area contributed by atoms with Gasteiger partial charge in [-0.1, -0.05) is 35.3 Å². The summed E-state index contributed by atoms with van der Waals surface area (Å²) in [6.45, 7) is 0. The predicted molar refractivity (Wildman–Crippen MR) is 125 cm³/mol. The van der Waals surface area contributed by atoms with Crippen LogP contribution in [0.4, 0.5) is 5.69 Å². The molecule has 0 bridgehead atoms. The molecule has 3 aromatic rings. The molecule has 8 nitrogen and oxygen atoms in total. The smallest absolute Gasteiger partial charge is 0.345 e. The minimum absolute atomic E-state index is 0.181. The molecule has 0 unspecified atom stereocenters. The van der Waals surface area contributed by atoms with Gasteiger partial charge in [-0.05, 0) is 60.2 Å². The Hall–Kier alpha value is -3.88. The van der Waals surface area contributed by atoms with E-state index in [1.807, 2.05) is 0 Å². The molecule has 2 amide bonds. The lowest BCUT2D eigenvalue weighted by Gasteiger charge is -2.08. The van der Waals surface area contributed by atoms with Crippen molar-refractivity contribution in [3.63, 3.8) is 0 Å². The van der Waals surface area contributed by atoms with E-state index in [2.05, 4.69) is 15.8 Å². The molecule has 33 heavy (non-hydrogen) atoms. The van der Waals surface area contributed by atoms with E-state index < -0.39 is 17.8 Å². The van der Waals surface area contributed by atoms with Gasteiger partial charge in [-0.2, -0.15) is 5.10 Å². The van der Waals surface area contributed by atoms with Crippen molar-refractivity contribution in [2.75, 3.05) is 12.4 Å². The quantitative estimate of drug-likeness (QED) is 0.178. The summed E-state index contributed by atoms with van der Waals surface area (Å²) in [7, 11) is 1.45. The van der Waals surface area contributed by atoms with E-state index in [-0.39, 0.29) is 16.3 Å². The highest BCUT2D eigenvalue weighted by molar-refractivity contribution is 6.39. The maximum atomic E-state index is 12.2. The lowest BCUT2D eigenvalue weighted by atomic mass is 10.2. The molecule has 0 aliphatic heterocycles. The van der Waals surface area contributed by atoms with Crippen LogP contribution >= 0.6 is 23.2 Å². The number of carbonyl (C=O) groups excluding carboxylic acids is 3. The van der Waals surface area contributed by atoms with Crippen LogP contribution in [-0.2, 0) is 9.59 Å². The van der Waals surface area contributed by atoms with Crippen LogP contribution in [0.3, 0.4) is 0 Å². The number of hydrogen-bond donors (Lipinski definition) is 2. The van der Waals surface area contributed by atoms with E-state index in [0.29, 0.717) is 22.0 Å². The number of hydrogen-bond acceptors (Lipinski definition) is 6. The highest BCUT2D eigenvalue weighted by Gasteiger charge is 2.15. The first-order valence-electron chi connectivity index (χ1n) is 9.42. The fourth-order valence-electron chi connectivity index (χ4n) is 2.58. The molecule has 0 saturated carbocycles. The van der Waals surface area contributed by atoms with Gasteiger partial charge in [-0.25, -0.2) is 10.2 Å². The molecule has 0 aliphatic rings. The van der Waals surface area contributed by atoms with Crippen LogP contribution in [-0.4, -0.2) is 31.1 Å². The standard InChI is InChI=1S/C23H17Cl2N3O5/c1-32-20-5-3-2-4-19(20)27-21(29)22(30)28-26-13-14-6-9-16(10-7-14)33-23(31)17-11-8-15(24)12-18(17)25/h2-13H,1H3,(H,27,29)(H,28,30). The molecular weight excluding hydrogens is 469 g/mol. The Bertz CT molecular complexity index is 1210. The monoisotopic (exact) mass is 485 g/mol. The van der Waals surface area contributed by atoms with Crippen molar-refractivity contribution in [3.05, 3.63) is 87.9 Å². The van der Waals surface area contributed by atoms with Crippen molar-refractivity contribution >= 4 is 52.9 Å². The first-order chi connectivity index (χ1) is 15.9. The predicted octanol–water partition coefficient (Wildman–Crippen LogP) is 4.31. The summed E-state index contributed by atoms with van der Waals surface area (Å²) in [6, 6.07) is 17.4. The number of hydrazone groups is 1. The van der Waals surface area contributed by atoms with Crippen molar-refractivity contribution in [1.82, 2.24) is 5.43 Å². The average Bonchev–Trinajstić information content (AvgIpc) is 2.80. The topological polar surface area (TPSA) is 106 Å². The summed E-state index contributed by atoms with van der Waals surface area (Å²) >= 11 is 11.8. The summed E-state index contributed by atoms with van der Waals surface area (Å²) in [4.78, 5) is 36.2. The van der Waals surface area contributed by atoms with Crippen molar-refractivity contribution < 1.29 is 23.9 Å². The van der Waals surface area contributed by atoms with E-state index in [1.165, 1.54) is 31.5 Å². The molecule has 0 aromatic heterocycles. The van der Waals surface area contributed by atoms with Crippen LogP contribution < -0.4 is 20.2 Å². The number of nitrogens with zero attached hydrogens (tertiary/aromatic N) is 1. The second-order valence-corrected chi connectivity index (χ2v) is 7.28. The molecule has 168 valence electrons. The number of carbonyl (C=O) groups is 3. The minimum Gasteiger partial charge on any atom is -0.495 e. The third-order valence-electron chi connectivity index (χ3n) is 4.18. The number of rotatable bonds is 6. The molecule has 0 spiro atoms. The Balaban J connectivity index is 1.54. The number of methoxy groups -OCH3 is 1. The molecule has 2 N–H and O–H groups in total. The summed E-state index contributed by atoms with van der Waals surface area (Å²) < 4.78 is 10.4. The van der Waals surface area contributed by atoms with E-state index in [9.17, 15) is 14.4 Å². The summed E-state index contributed by atoms with van der Waals surface area (Å²) in [5, 5.41) is 6.78. The lowest BCUT2D eigenvalue weighted by molar-refractivity contribution is -0.136. The fourth-order valence-corrected chi connectivity index (χ4v) is 3.07. The van der Waals surface area contributed by atoms with Gasteiger partial charge in [-0.3, -0.25) is 9.59 Å². The maximum absolute atomic E-state index is 12.2. The van der Waals surface area contributed by atoms with E-state index >= 15 is 0 Å². The van der Waals surface area contributed by atoms with Crippen LogP contribution in [0.25, 0.3) is 0 Å². The summed E-state index contributed by atoms with van der Waals surface area (Å²) in [5.74, 6) is -1.79. The van der Waals surface area contributed by atoms with Gasteiger partial charge in [0.05, 0.1) is 29.6 Å². The molecular formula is C23H17Cl2N3O5. The number of nitrogens with one attached hydrogen (secondary N) is 2.